The molecule has 10 nitrogen and oxygen atoms in total. The quantitative estimate of drug-likeness (QED) is 0.587. The van der Waals surface area contributed by atoms with Crippen LogP contribution in [-0.4, -0.2) is 57.6 Å². The Morgan fingerprint density at radius 3 is 2.92 bits per heavy atom. The molecule has 0 fully saturated rings. The summed E-state index contributed by atoms with van der Waals surface area (Å²) in [7, 11) is 3.44. The molecule has 2 aromatic rings. The number of hydrogen-bond acceptors (Lipinski definition) is 7. The van der Waals surface area contributed by atoms with Gasteiger partial charge in [0.1, 0.15) is 5.75 Å². The van der Waals surface area contributed by atoms with E-state index in [0.717, 1.165) is 0 Å². The Kier molecular flexibility index (Phi) is 5.26. The Morgan fingerprint density at radius 1 is 1.38 bits per heavy atom. The number of carbonyl (C=O) groups is 2. The summed E-state index contributed by atoms with van der Waals surface area (Å²) >= 11 is 1.44. The lowest BCUT2D eigenvalue weighted by molar-refractivity contribution is -0.125. The minimum Gasteiger partial charge on any atom is -0.479 e. The highest BCUT2D eigenvalue weighted by Crippen LogP contribution is 2.35. The van der Waals surface area contributed by atoms with Crippen molar-refractivity contribution in [2.75, 3.05) is 29.6 Å². The van der Waals surface area contributed by atoms with E-state index in [9.17, 15) is 9.59 Å². The summed E-state index contributed by atoms with van der Waals surface area (Å²) in [4.78, 5) is 25.5. The van der Waals surface area contributed by atoms with Crippen LogP contribution in [-0.2, 0) is 11.8 Å². The third kappa shape index (κ3) is 3.87. The van der Waals surface area contributed by atoms with Crippen LogP contribution in [0.5, 0.6) is 5.75 Å². The number of carbonyl (C=O) groups excluding carboxylic acids is 2. The van der Waals surface area contributed by atoms with Gasteiger partial charge in [-0.1, -0.05) is 11.8 Å². The largest absolute Gasteiger partial charge is 0.479 e. The maximum absolute atomic E-state index is 12.0. The SMILES string of the molecule is C[C@@H]1Oc2ccc(NC(=O)NCCSc3nnnn3C)cc2N(C)C1=O. The predicted molar refractivity (Wildman–Crippen MR) is 96.5 cm³/mol. The number of rotatable bonds is 5. The molecule has 26 heavy (non-hydrogen) atoms. The molecule has 0 bridgehead atoms. The maximum atomic E-state index is 12.0. The number of fused-ring (bicyclic) bond motifs is 1. The molecule has 1 aromatic carbocycles. The summed E-state index contributed by atoms with van der Waals surface area (Å²) in [6.45, 7) is 2.16. The summed E-state index contributed by atoms with van der Waals surface area (Å²) in [5, 5.41) is 17.3. The van der Waals surface area contributed by atoms with Crippen molar-refractivity contribution in [2.45, 2.75) is 18.2 Å². The van der Waals surface area contributed by atoms with E-state index in [1.54, 1.807) is 43.9 Å². The fraction of sp³-hybridized carbons (Fsp3) is 0.400. The lowest BCUT2D eigenvalue weighted by atomic mass is 10.2. The lowest BCUT2D eigenvalue weighted by Gasteiger charge is -2.30. The van der Waals surface area contributed by atoms with E-state index >= 15 is 0 Å². The van der Waals surface area contributed by atoms with Gasteiger partial charge >= 0.3 is 6.03 Å². The second-order valence-corrected chi connectivity index (χ2v) is 6.72. The molecule has 0 spiro atoms. The molecule has 2 heterocycles. The molecule has 0 aliphatic carbocycles. The van der Waals surface area contributed by atoms with Crippen molar-refractivity contribution >= 4 is 35.1 Å². The number of nitrogens with one attached hydrogen (secondary N) is 2. The van der Waals surface area contributed by atoms with Crippen molar-refractivity contribution in [1.29, 1.82) is 0 Å². The molecule has 1 aliphatic rings. The van der Waals surface area contributed by atoms with Gasteiger partial charge in [-0.2, -0.15) is 0 Å². The summed E-state index contributed by atoms with van der Waals surface area (Å²) in [6, 6.07) is 4.84. The molecule has 3 rings (SSSR count). The number of likely N-dealkylation sites (N-methyl/N-ethyl adjacent to an activating group) is 1. The van der Waals surface area contributed by atoms with Crippen LogP contribution >= 0.6 is 11.8 Å². The van der Waals surface area contributed by atoms with Crippen LogP contribution in [0, 0.1) is 0 Å². The predicted octanol–water partition coefficient (Wildman–Crippen LogP) is 0.868. The van der Waals surface area contributed by atoms with Gasteiger partial charge in [0.15, 0.2) is 6.10 Å². The van der Waals surface area contributed by atoms with Gasteiger partial charge in [-0.3, -0.25) is 4.79 Å². The summed E-state index contributed by atoms with van der Waals surface area (Å²) < 4.78 is 7.13. The first-order chi connectivity index (χ1) is 12.5. The molecule has 1 aliphatic heterocycles. The minimum absolute atomic E-state index is 0.130. The van der Waals surface area contributed by atoms with Gasteiger partial charge in [0.25, 0.3) is 5.91 Å². The molecule has 0 radical (unpaired) electrons. The molecule has 1 atom stereocenters. The van der Waals surface area contributed by atoms with Crippen molar-refractivity contribution in [3.05, 3.63) is 18.2 Å². The monoisotopic (exact) mass is 377 g/mol. The number of tetrazole rings is 1. The Hall–Kier alpha value is -2.82. The van der Waals surface area contributed by atoms with Crippen molar-refractivity contribution in [3.63, 3.8) is 0 Å². The molecule has 0 saturated heterocycles. The Labute approximate surface area is 154 Å². The number of hydrogen-bond donors (Lipinski definition) is 2. The van der Waals surface area contributed by atoms with Crippen molar-refractivity contribution < 1.29 is 14.3 Å². The van der Waals surface area contributed by atoms with Crippen LogP contribution in [0.25, 0.3) is 0 Å². The minimum atomic E-state index is -0.517. The van der Waals surface area contributed by atoms with Gasteiger partial charge in [0.2, 0.25) is 5.16 Å². The molecular formula is C15H19N7O3S. The summed E-state index contributed by atoms with van der Waals surface area (Å²) in [6.07, 6.45) is -0.517. The lowest BCUT2D eigenvalue weighted by Crippen LogP contribution is -2.42. The number of amides is 3. The molecule has 0 unspecified atom stereocenters. The van der Waals surface area contributed by atoms with E-state index in [0.29, 0.717) is 34.6 Å². The Balaban J connectivity index is 1.52. The van der Waals surface area contributed by atoms with Crippen LogP contribution < -0.4 is 20.3 Å². The molecule has 0 saturated carbocycles. The molecule has 138 valence electrons. The molecule has 2 N–H and O–H groups in total. The summed E-state index contributed by atoms with van der Waals surface area (Å²) in [5.74, 6) is 1.11. The normalized spacial score (nSPS) is 16.0. The standard InChI is InChI=1S/C15H19N7O3S/c1-9-13(23)21(2)11-8-10(4-5-12(11)25-9)17-14(24)16-6-7-26-15-18-19-20-22(15)3/h4-5,8-9H,6-7H2,1-3H3,(H2,16,17,24)/t9-/m0/s1. The third-order valence-electron chi connectivity index (χ3n) is 3.76. The average molecular weight is 377 g/mol. The molecular weight excluding hydrogens is 358 g/mol. The molecule has 1 aromatic heterocycles. The highest BCUT2D eigenvalue weighted by Gasteiger charge is 2.29. The van der Waals surface area contributed by atoms with Gasteiger partial charge in [0, 0.05) is 32.1 Å². The highest BCUT2D eigenvalue weighted by molar-refractivity contribution is 7.99. The van der Waals surface area contributed by atoms with Gasteiger partial charge in [0.05, 0.1) is 5.69 Å². The van der Waals surface area contributed by atoms with Gasteiger partial charge in [-0.25, -0.2) is 9.48 Å². The number of benzene rings is 1. The number of urea groups is 1. The number of aryl methyl sites for hydroxylation is 1. The Bertz CT molecular complexity index is 825. The topological polar surface area (TPSA) is 114 Å². The van der Waals surface area contributed by atoms with Crippen LogP contribution in [0.4, 0.5) is 16.2 Å². The van der Waals surface area contributed by atoms with Crippen molar-refractivity contribution in [3.8, 4) is 5.75 Å². The number of aromatic nitrogens is 4. The van der Waals surface area contributed by atoms with E-state index in [4.69, 9.17) is 4.74 Å². The number of thioether (sulfide) groups is 1. The fourth-order valence-electron chi connectivity index (χ4n) is 2.41. The van der Waals surface area contributed by atoms with E-state index in [1.807, 2.05) is 0 Å². The van der Waals surface area contributed by atoms with Gasteiger partial charge < -0.3 is 20.3 Å². The number of ether oxygens (including phenoxy) is 1. The van der Waals surface area contributed by atoms with Crippen LogP contribution in [0.15, 0.2) is 23.4 Å². The van der Waals surface area contributed by atoms with E-state index < -0.39 is 6.10 Å². The van der Waals surface area contributed by atoms with E-state index in [-0.39, 0.29) is 11.9 Å². The zero-order valence-corrected chi connectivity index (χ0v) is 15.4. The molecule has 11 heteroatoms. The smallest absolute Gasteiger partial charge is 0.319 e. The van der Waals surface area contributed by atoms with Crippen molar-refractivity contribution in [2.24, 2.45) is 7.05 Å². The van der Waals surface area contributed by atoms with Crippen LogP contribution in [0.2, 0.25) is 0 Å². The fourth-order valence-corrected chi connectivity index (χ4v) is 3.12. The second kappa shape index (κ2) is 7.60. The van der Waals surface area contributed by atoms with Crippen molar-refractivity contribution in [1.82, 2.24) is 25.5 Å². The zero-order valence-electron chi connectivity index (χ0n) is 14.6. The first-order valence-electron chi connectivity index (χ1n) is 7.94. The van der Waals surface area contributed by atoms with Crippen LogP contribution in [0.3, 0.4) is 0 Å². The summed E-state index contributed by atoms with van der Waals surface area (Å²) in [5.41, 5.74) is 1.19. The number of anilines is 2. The maximum Gasteiger partial charge on any atom is 0.319 e. The molecule has 3 amide bonds. The number of nitrogens with zero attached hydrogens (tertiary/aromatic N) is 5. The first-order valence-corrected chi connectivity index (χ1v) is 8.92. The second-order valence-electron chi connectivity index (χ2n) is 5.65. The van der Waals surface area contributed by atoms with Crippen LogP contribution in [0.1, 0.15) is 6.92 Å². The Morgan fingerprint density at radius 2 is 2.19 bits per heavy atom. The van der Waals surface area contributed by atoms with E-state index in [2.05, 4.69) is 26.2 Å². The average Bonchev–Trinajstić information content (AvgIpc) is 3.02. The van der Waals surface area contributed by atoms with Gasteiger partial charge in [-0.15, -0.1) is 5.10 Å². The van der Waals surface area contributed by atoms with Gasteiger partial charge in [-0.05, 0) is 35.5 Å². The van der Waals surface area contributed by atoms with E-state index in [1.165, 1.54) is 16.7 Å². The zero-order chi connectivity index (χ0) is 18.7. The third-order valence-corrected chi connectivity index (χ3v) is 4.77. The highest BCUT2D eigenvalue weighted by atomic mass is 32.2. The first kappa shape index (κ1) is 18.0.